The van der Waals surface area contributed by atoms with Gasteiger partial charge >= 0.3 is 17.9 Å². The van der Waals surface area contributed by atoms with Crippen molar-refractivity contribution in [2.75, 3.05) is 20.4 Å². The Hall–Kier alpha value is -10.6. The first-order valence-electron chi connectivity index (χ1n) is 50.2. The van der Waals surface area contributed by atoms with Gasteiger partial charge in [-0.15, -0.1) is 0 Å². The number of rotatable bonds is 45. The van der Waals surface area contributed by atoms with Crippen LogP contribution in [0.15, 0.2) is 164 Å². The van der Waals surface area contributed by atoms with E-state index in [-0.39, 0.29) is 59.5 Å². The largest absolute Gasteiger partial charge is 0.460 e. The highest BCUT2D eigenvalue weighted by Crippen LogP contribution is 2.54. The van der Waals surface area contributed by atoms with Gasteiger partial charge in [-0.1, -0.05) is 323 Å². The van der Waals surface area contributed by atoms with Crippen LogP contribution in [0, 0.1) is 17.8 Å². The number of hydrogen-bond acceptors (Lipinski definition) is 12. The third-order valence-corrected chi connectivity index (χ3v) is 28.1. The molecule has 0 N–H and O–H groups in total. The number of hydrogen-bond donors (Lipinski definition) is 0. The number of carbonyl (C=O) groups excluding carboxylic acids is 3. The Morgan fingerprint density at radius 1 is 0.240 bits per heavy atom. The standard InChI is InChI=1S/C117H138O12/c1-7-13-19-25-31-37-79-43-52-97-85(61-79)49-58-103-106(97)109-100-55-46-82(40-34-28-22-16-10-4)64-88(100)67-94(112(109)127-76-124-103)73-121-115(118)91-70-92(116(119)122-74-95-68-89-65-83(41-35-29-23-17-11-5)47-56-101(89)110-107-98-53-44-80(38-32-26-20-14-8-2)62-86(98)50-59-104(107)125-77-128-113(95)110)72-93(71-91)117(120)123-75-96-69-90-66-84(42-36-30-24-18-12-6)48-57-102(90)111-108-99-54-45-81(39-33-27-21-15-9-3)63-87(99)51-60-105(108)126-78-129-114(96)111/h43-69,91-93H,7-42,70-78H2,1-6H3. The highest BCUT2D eigenvalue weighted by Gasteiger charge is 2.42. The van der Waals surface area contributed by atoms with Crippen LogP contribution in [0.25, 0.3) is 98.0 Å². The van der Waals surface area contributed by atoms with Gasteiger partial charge in [-0.3, -0.25) is 14.4 Å². The van der Waals surface area contributed by atoms with E-state index in [1.54, 1.807) is 0 Å². The number of carbonyl (C=O) groups is 3. The van der Waals surface area contributed by atoms with Crippen molar-refractivity contribution in [3.05, 3.63) is 214 Å². The number of ether oxygens (including phenoxy) is 9. The van der Waals surface area contributed by atoms with Crippen molar-refractivity contribution in [2.24, 2.45) is 17.8 Å². The van der Waals surface area contributed by atoms with Gasteiger partial charge in [0.15, 0.2) is 0 Å². The normalized spacial score (nSPS) is 15.1. The average Bonchev–Trinajstić information content (AvgIpc) is 1.72. The molecule has 1 saturated carbocycles. The molecular formula is C117H138O12. The minimum atomic E-state index is -0.921. The summed E-state index contributed by atoms with van der Waals surface area (Å²) in [5.41, 5.74) is 15.2. The quantitative estimate of drug-likeness (QED) is 0.0204. The van der Waals surface area contributed by atoms with E-state index in [2.05, 4.69) is 205 Å². The first-order valence-corrected chi connectivity index (χ1v) is 50.2. The van der Waals surface area contributed by atoms with Crippen molar-refractivity contribution in [1.29, 1.82) is 0 Å². The van der Waals surface area contributed by atoms with Crippen LogP contribution in [-0.4, -0.2) is 38.3 Å². The molecule has 0 unspecified atom stereocenters. The molecule has 0 amide bonds. The lowest BCUT2D eigenvalue weighted by Gasteiger charge is -2.31. The number of fused-ring (bicyclic) bond motifs is 21. The maximum absolute atomic E-state index is 15.8. The van der Waals surface area contributed by atoms with Gasteiger partial charge in [0, 0.05) is 50.1 Å². The maximum Gasteiger partial charge on any atom is 0.309 e. The van der Waals surface area contributed by atoms with Crippen LogP contribution in [0.4, 0.5) is 0 Å². The molecular weight excluding hydrogens is 1600 g/mol. The van der Waals surface area contributed by atoms with Crippen molar-refractivity contribution >= 4 is 82.5 Å². The molecule has 1 aliphatic carbocycles. The van der Waals surface area contributed by atoms with Crippen LogP contribution in [0.5, 0.6) is 34.5 Å². The number of unbranched alkanes of at least 4 members (excludes halogenated alkanes) is 24. The zero-order chi connectivity index (χ0) is 88.8. The van der Waals surface area contributed by atoms with Gasteiger partial charge in [-0.05, 0) is 231 Å². The Bertz CT molecular complexity index is 5320. The molecule has 0 saturated heterocycles. The average molecular weight is 1740 g/mol. The zero-order valence-corrected chi connectivity index (χ0v) is 78.0. The summed E-state index contributed by atoms with van der Waals surface area (Å²) >= 11 is 0. The summed E-state index contributed by atoms with van der Waals surface area (Å²) in [5, 5.41) is 12.6. The molecule has 129 heavy (non-hydrogen) atoms. The van der Waals surface area contributed by atoms with E-state index in [1.807, 2.05) is 0 Å². The smallest absolute Gasteiger partial charge is 0.309 e. The molecule has 0 bridgehead atoms. The molecule has 12 aromatic rings. The fraction of sp³-hybridized carbons (Fsp3) is 0.462. The van der Waals surface area contributed by atoms with E-state index in [4.69, 9.17) is 42.6 Å². The summed E-state index contributed by atoms with van der Waals surface area (Å²) in [6.45, 7) is 12.9. The summed E-state index contributed by atoms with van der Waals surface area (Å²) in [6.07, 6.45) is 41.9. The van der Waals surface area contributed by atoms with Gasteiger partial charge in [0.1, 0.15) is 54.3 Å². The Balaban J connectivity index is 0.746. The Morgan fingerprint density at radius 2 is 0.457 bits per heavy atom. The number of benzene rings is 12. The predicted octanol–water partition coefficient (Wildman–Crippen LogP) is 31.4. The molecule has 0 atom stereocenters. The third kappa shape index (κ3) is 22.2. The molecule has 0 aromatic heterocycles. The number of aryl methyl sites for hydroxylation is 6. The van der Waals surface area contributed by atoms with Gasteiger partial charge in [0.05, 0.1) is 17.8 Å². The van der Waals surface area contributed by atoms with Crippen LogP contribution in [0.3, 0.4) is 0 Å². The summed E-state index contributed by atoms with van der Waals surface area (Å²) in [7, 11) is 0. The SMILES string of the molecule is CCCCCCCc1ccc2c3c(ccc2c1)OCOc1c(COC(=O)C2CC(C(=O)OCc4cc5cc(CCCCCCC)ccc5c5c4OCOc4ccc6cc(CCCCCCC)ccc6c4-5)CC(C(=O)OCc4cc5cc(CCCCCCC)ccc5c5c4OCOc4ccc6cc(CCCCCCC)ccc6c4-5)C2)cc2cc(CCCCCCC)ccc2c1-3. The van der Waals surface area contributed by atoms with Crippen LogP contribution >= 0.6 is 0 Å². The van der Waals surface area contributed by atoms with Crippen molar-refractivity contribution in [1.82, 2.24) is 0 Å². The molecule has 12 heteroatoms. The first kappa shape index (κ1) is 91.7. The monoisotopic (exact) mass is 1740 g/mol. The molecule has 0 radical (unpaired) electrons. The van der Waals surface area contributed by atoms with E-state index in [9.17, 15) is 0 Å². The summed E-state index contributed by atoms with van der Waals surface area (Å²) in [6, 6.07) is 60.0. The highest BCUT2D eigenvalue weighted by molar-refractivity contribution is 6.14. The van der Waals surface area contributed by atoms with Gasteiger partial charge in [-0.25, -0.2) is 0 Å². The van der Waals surface area contributed by atoms with Gasteiger partial charge < -0.3 is 42.6 Å². The van der Waals surface area contributed by atoms with Gasteiger partial charge in [0.25, 0.3) is 0 Å². The molecule has 3 aliphatic heterocycles. The molecule has 12 aromatic carbocycles. The van der Waals surface area contributed by atoms with E-state index in [0.717, 1.165) is 212 Å². The summed E-state index contributed by atoms with van der Waals surface area (Å²) in [5.74, 6) is -0.425. The predicted molar refractivity (Wildman–Crippen MR) is 528 cm³/mol. The Kier molecular flexibility index (Phi) is 32.2. The fourth-order valence-electron chi connectivity index (χ4n) is 20.9. The summed E-state index contributed by atoms with van der Waals surface area (Å²) in [4.78, 5) is 47.4. The van der Waals surface area contributed by atoms with Crippen molar-refractivity contribution < 1.29 is 57.0 Å². The van der Waals surface area contributed by atoms with Gasteiger partial charge in [0.2, 0.25) is 20.4 Å². The molecule has 4 aliphatic rings. The minimum absolute atomic E-state index is 0.0568. The molecule has 3 heterocycles. The Morgan fingerprint density at radius 3 is 0.690 bits per heavy atom. The second-order valence-electron chi connectivity index (χ2n) is 37.7. The van der Waals surface area contributed by atoms with E-state index < -0.39 is 35.7 Å². The molecule has 16 rings (SSSR count). The topological polar surface area (TPSA) is 134 Å². The van der Waals surface area contributed by atoms with E-state index in [0.29, 0.717) is 33.9 Å². The minimum Gasteiger partial charge on any atom is -0.460 e. The lowest BCUT2D eigenvalue weighted by molar-refractivity contribution is -0.162. The molecule has 678 valence electrons. The Labute approximate surface area is 766 Å². The van der Waals surface area contributed by atoms with Crippen molar-refractivity contribution in [3.63, 3.8) is 0 Å². The molecule has 1 fully saturated rings. The fourth-order valence-corrected chi connectivity index (χ4v) is 20.9. The lowest BCUT2D eigenvalue weighted by Crippen LogP contribution is -2.37. The van der Waals surface area contributed by atoms with Crippen LogP contribution < -0.4 is 28.4 Å². The van der Waals surface area contributed by atoms with Crippen molar-refractivity contribution in [2.45, 2.75) is 312 Å². The second kappa shape index (κ2) is 45.3. The highest BCUT2D eigenvalue weighted by atomic mass is 16.7. The van der Waals surface area contributed by atoms with Crippen molar-refractivity contribution in [3.8, 4) is 67.9 Å². The van der Waals surface area contributed by atoms with Crippen LogP contribution in [-0.2, 0) is 86.9 Å². The van der Waals surface area contributed by atoms with E-state index >= 15 is 14.4 Å². The van der Waals surface area contributed by atoms with E-state index in [1.165, 1.54) is 168 Å². The second-order valence-corrected chi connectivity index (χ2v) is 37.7. The maximum atomic E-state index is 15.8. The molecule has 0 spiro atoms. The number of esters is 3. The third-order valence-electron chi connectivity index (χ3n) is 28.1. The van der Waals surface area contributed by atoms with Crippen LogP contribution in [0.1, 0.15) is 304 Å². The zero-order valence-electron chi connectivity index (χ0n) is 78.0. The van der Waals surface area contributed by atoms with Crippen LogP contribution in [0.2, 0.25) is 0 Å². The van der Waals surface area contributed by atoms with Gasteiger partial charge in [-0.2, -0.15) is 0 Å². The lowest BCUT2D eigenvalue weighted by atomic mass is 9.75. The molecule has 12 nitrogen and oxygen atoms in total. The summed E-state index contributed by atoms with van der Waals surface area (Å²) < 4.78 is 60.4. The first-order chi connectivity index (χ1) is 63.5.